The molecule has 0 bridgehead atoms. The van der Waals surface area contributed by atoms with Crippen LogP contribution in [0.1, 0.15) is 47.0 Å². The molecule has 0 aliphatic heterocycles. The van der Waals surface area contributed by atoms with Crippen LogP contribution in [0.2, 0.25) is 0 Å². The van der Waals surface area contributed by atoms with Crippen LogP contribution < -0.4 is 0 Å². The van der Waals surface area contributed by atoms with E-state index >= 15 is 0 Å². The van der Waals surface area contributed by atoms with Crippen molar-refractivity contribution in [3.8, 4) is 0 Å². The third kappa shape index (κ3) is 4.61. The fourth-order valence-corrected chi connectivity index (χ4v) is 1.20. The molecule has 14 heavy (non-hydrogen) atoms. The van der Waals surface area contributed by atoms with Crippen molar-refractivity contribution in [2.75, 3.05) is 7.11 Å². The lowest BCUT2D eigenvalue weighted by atomic mass is 10.0. The number of esters is 1. The van der Waals surface area contributed by atoms with Crippen molar-refractivity contribution in [3.63, 3.8) is 0 Å². The standard InChI is InChI=1S/C11H22O3/c1-6-8-9(7-2)10(12)14-11(3,4)13-5/h9H,6-8H2,1-5H3. The molecule has 0 amide bonds. The van der Waals surface area contributed by atoms with E-state index in [2.05, 4.69) is 6.92 Å². The van der Waals surface area contributed by atoms with Gasteiger partial charge in [0, 0.05) is 21.0 Å². The van der Waals surface area contributed by atoms with Gasteiger partial charge in [-0.2, -0.15) is 0 Å². The zero-order valence-corrected chi connectivity index (χ0v) is 9.92. The molecule has 0 radical (unpaired) electrons. The van der Waals surface area contributed by atoms with Gasteiger partial charge in [-0.05, 0) is 12.8 Å². The highest BCUT2D eigenvalue weighted by Gasteiger charge is 2.26. The van der Waals surface area contributed by atoms with Crippen LogP contribution in [0.4, 0.5) is 0 Å². The zero-order chi connectivity index (χ0) is 11.2. The van der Waals surface area contributed by atoms with Gasteiger partial charge in [0.05, 0.1) is 5.92 Å². The van der Waals surface area contributed by atoms with Crippen LogP contribution in [0.15, 0.2) is 0 Å². The minimum absolute atomic E-state index is 0.00873. The Balaban J connectivity index is 4.16. The lowest BCUT2D eigenvalue weighted by molar-refractivity contribution is -0.210. The van der Waals surface area contributed by atoms with E-state index in [-0.39, 0.29) is 11.9 Å². The average Bonchev–Trinajstić information content (AvgIpc) is 2.13. The predicted molar refractivity (Wildman–Crippen MR) is 55.9 cm³/mol. The largest absolute Gasteiger partial charge is 0.433 e. The highest BCUT2D eigenvalue weighted by Crippen LogP contribution is 2.18. The summed E-state index contributed by atoms with van der Waals surface area (Å²) in [7, 11) is 1.54. The summed E-state index contributed by atoms with van der Waals surface area (Å²) in [6.45, 7) is 7.55. The van der Waals surface area contributed by atoms with E-state index in [1.54, 1.807) is 13.8 Å². The Morgan fingerprint density at radius 1 is 1.36 bits per heavy atom. The summed E-state index contributed by atoms with van der Waals surface area (Å²) in [5.41, 5.74) is 0. The Morgan fingerprint density at radius 3 is 2.29 bits per heavy atom. The molecule has 0 fully saturated rings. The monoisotopic (exact) mass is 202 g/mol. The molecular formula is C11H22O3. The fraction of sp³-hybridized carbons (Fsp3) is 0.909. The van der Waals surface area contributed by atoms with Crippen molar-refractivity contribution >= 4 is 5.97 Å². The van der Waals surface area contributed by atoms with E-state index in [9.17, 15) is 4.79 Å². The number of hydrogen-bond acceptors (Lipinski definition) is 3. The van der Waals surface area contributed by atoms with Crippen LogP contribution in [-0.2, 0) is 14.3 Å². The van der Waals surface area contributed by atoms with Crippen LogP contribution in [-0.4, -0.2) is 18.9 Å². The van der Waals surface area contributed by atoms with Crippen LogP contribution >= 0.6 is 0 Å². The molecule has 0 saturated carbocycles. The first-order chi connectivity index (χ1) is 6.46. The van der Waals surface area contributed by atoms with Gasteiger partial charge in [-0.15, -0.1) is 0 Å². The Labute approximate surface area is 86.8 Å². The van der Waals surface area contributed by atoms with Gasteiger partial charge >= 0.3 is 5.97 Å². The second kappa shape index (κ2) is 6.02. The topological polar surface area (TPSA) is 35.5 Å². The van der Waals surface area contributed by atoms with E-state index < -0.39 is 5.79 Å². The summed E-state index contributed by atoms with van der Waals surface area (Å²) in [6, 6.07) is 0. The van der Waals surface area contributed by atoms with E-state index in [0.717, 1.165) is 19.3 Å². The van der Waals surface area contributed by atoms with Gasteiger partial charge in [0.25, 0.3) is 0 Å². The van der Waals surface area contributed by atoms with Crippen LogP contribution in [0.3, 0.4) is 0 Å². The first-order valence-corrected chi connectivity index (χ1v) is 5.24. The second-order valence-electron chi connectivity index (χ2n) is 3.92. The third-order valence-corrected chi connectivity index (χ3v) is 2.30. The summed E-state index contributed by atoms with van der Waals surface area (Å²) in [5.74, 6) is -0.950. The molecule has 0 aliphatic carbocycles. The number of methoxy groups -OCH3 is 1. The quantitative estimate of drug-likeness (QED) is 0.490. The second-order valence-corrected chi connectivity index (χ2v) is 3.92. The van der Waals surface area contributed by atoms with Gasteiger partial charge in [0.1, 0.15) is 0 Å². The molecule has 0 aromatic carbocycles. The smallest absolute Gasteiger partial charge is 0.311 e. The highest BCUT2D eigenvalue weighted by atomic mass is 16.7. The number of hydrogen-bond donors (Lipinski definition) is 0. The van der Waals surface area contributed by atoms with Crippen molar-refractivity contribution in [1.29, 1.82) is 0 Å². The summed E-state index contributed by atoms with van der Waals surface area (Å²) in [5, 5.41) is 0. The molecule has 1 unspecified atom stereocenters. The first-order valence-electron chi connectivity index (χ1n) is 5.24. The Kier molecular flexibility index (Phi) is 5.77. The van der Waals surface area contributed by atoms with Crippen molar-refractivity contribution in [2.45, 2.75) is 52.7 Å². The molecule has 0 aliphatic rings. The van der Waals surface area contributed by atoms with E-state index in [1.165, 1.54) is 7.11 Å². The predicted octanol–water partition coefficient (Wildman–Crippen LogP) is 2.74. The molecule has 0 spiro atoms. The van der Waals surface area contributed by atoms with Gasteiger partial charge in [-0.1, -0.05) is 20.3 Å². The maximum atomic E-state index is 11.6. The van der Waals surface area contributed by atoms with Crippen molar-refractivity contribution in [2.24, 2.45) is 5.92 Å². The van der Waals surface area contributed by atoms with Crippen LogP contribution in [0.5, 0.6) is 0 Å². The number of ether oxygens (including phenoxy) is 2. The van der Waals surface area contributed by atoms with E-state index in [4.69, 9.17) is 9.47 Å². The Hall–Kier alpha value is -0.570. The lowest BCUT2D eigenvalue weighted by Gasteiger charge is -2.25. The van der Waals surface area contributed by atoms with Crippen LogP contribution in [0.25, 0.3) is 0 Å². The van der Waals surface area contributed by atoms with Gasteiger partial charge in [-0.25, -0.2) is 0 Å². The summed E-state index contributed by atoms with van der Waals surface area (Å²) in [4.78, 5) is 11.6. The molecule has 0 aromatic heterocycles. The molecule has 3 nitrogen and oxygen atoms in total. The SMILES string of the molecule is CCCC(CC)C(=O)OC(C)(C)OC. The molecule has 0 saturated heterocycles. The normalized spacial score (nSPS) is 13.8. The van der Waals surface area contributed by atoms with Gasteiger partial charge in [0.2, 0.25) is 5.79 Å². The average molecular weight is 202 g/mol. The molecular weight excluding hydrogens is 180 g/mol. The van der Waals surface area contributed by atoms with Gasteiger partial charge in [-0.3, -0.25) is 4.79 Å². The Bertz CT molecular complexity index is 175. The molecule has 0 N–H and O–H groups in total. The Morgan fingerprint density at radius 2 is 1.93 bits per heavy atom. The zero-order valence-electron chi connectivity index (χ0n) is 9.92. The summed E-state index contributed by atoms with van der Waals surface area (Å²) >= 11 is 0. The molecule has 3 heteroatoms. The summed E-state index contributed by atoms with van der Waals surface area (Å²) in [6.07, 6.45) is 2.71. The summed E-state index contributed by atoms with van der Waals surface area (Å²) < 4.78 is 10.3. The molecule has 1 atom stereocenters. The number of carbonyl (C=O) groups excluding carboxylic acids is 1. The number of carbonyl (C=O) groups is 1. The maximum absolute atomic E-state index is 11.6. The molecule has 84 valence electrons. The molecule has 0 aromatic rings. The number of rotatable bonds is 6. The van der Waals surface area contributed by atoms with E-state index in [0.29, 0.717) is 0 Å². The highest BCUT2D eigenvalue weighted by molar-refractivity contribution is 5.72. The minimum Gasteiger partial charge on any atom is -0.433 e. The fourth-order valence-electron chi connectivity index (χ4n) is 1.20. The van der Waals surface area contributed by atoms with Crippen molar-refractivity contribution in [1.82, 2.24) is 0 Å². The molecule has 0 heterocycles. The van der Waals surface area contributed by atoms with Crippen LogP contribution in [0, 0.1) is 5.92 Å². The van der Waals surface area contributed by atoms with Crippen molar-refractivity contribution < 1.29 is 14.3 Å². The van der Waals surface area contributed by atoms with Gasteiger partial charge < -0.3 is 9.47 Å². The van der Waals surface area contributed by atoms with E-state index in [1.807, 2.05) is 6.92 Å². The van der Waals surface area contributed by atoms with Crippen molar-refractivity contribution in [3.05, 3.63) is 0 Å². The maximum Gasteiger partial charge on any atom is 0.311 e. The minimum atomic E-state index is -0.807. The van der Waals surface area contributed by atoms with Gasteiger partial charge in [0.15, 0.2) is 0 Å². The first kappa shape index (κ1) is 13.4. The lowest BCUT2D eigenvalue weighted by Crippen LogP contribution is -2.33. The molecule has 0 rings (SSSR count). The third-order valence-electron chi connectivity index (χ3n) is 2.30.